The summed E-state index contributed by atoms with van der Waals surface area (Å²) in [6, 6.07) is 0. The Morgan fingerprint density at radius 2 is 0.451 bits per heavy atom. The van der Waals surface area contributed by atoms with Crippen molar-refractivity contribution < 1.29 is 80.2 Å². The first-order valence-electron chi connectivity index (χ1n) is 42.8. The summed E-state index contributed by atoms with van der Waals surface area (Å²) >= 11 is 0. The summed E-state index contributed by atoms with van der Waals surface area (Å²) in [7, 11) is -9.92. The number of carbonyl (C=O) groups excluding carboxylic acids is 4. The van der Waals surface area contributed by atoms with Crippen molar-refractivity contribution in [1.29, 1.82) is 0 Å². The lowest BCUT2D eigenvalue weighted by Gasteiger charge is -2.21. The van der Waals surface area contributed by atoms with Crippen LogP contribution in [0.2, 0.25) is 0 Å². The third-order valence-electron chi connectivity index (χ3n) is 19.4. The van der Waals surface area contributed by atoms with Crippen molar-refractivity contribution in [3.63, 3.8) is 0 Å². The molecule has 0 heterocycles. The fourth-order valence-electron chi connectivity index (χ4n) is 12.8. The van der Waals surface area contributed by atoms with Gasteiger partial charge in [-0.2, -0.15) is 0 Å². The number of aliphatic hydroxyl groups excluding tert-OH is 1. The highest BCUT2D eigenvalue weighted by atomic mass is 31.2. The summed E-state index contributed by atoms with van der Waals surface area (Å²) < 4.78 is 68.8. The van der Waals surface area contributed by atoms with Crippen LogP contribution < -0.4 is 0 Å². The van der Waals surface area contributed by atoms with Gasteiger partial charge in [-0.25, -0.2) is 9.13 Å². The zero-order chi connectivity index (χ0) is 75.1. The van der Waals surface area contributed by atoms with Gasteiger partial charge in [-0.15, -0.1) is 0 Å². The average Bonchev–Trinajstić information content (AvgIpc) is 0.911. The van der Waals surface area contributed by atoms with Crippen molar-refractivity contribution in [2.75, 3.05) is 39.6 Å². The Kier molecular flexibility index (Phi) is 71.8. The van der Waals surface area contributed by atoms with Crippen LogP contribution in [0.1, 0.15) is 434 Å². The molecule has 606 valence electrons. The molecule has 0 fully saturated rings. The first-order chi connectivity index (χ1) is 49.2. The second-order valence-corrected chi connectivity index (χ2v) is 34.2. The molecule has 0 aromatic heterocycles. The zero-order valence-electron chi connectivity index (χ0n) is 67.1. The predicted molar refractivity (Wildman–Crippen MR) is 418 cm³/mol. The van der Waals surface area contributed by atoms with E-state index in [-0.39, 0.29) is 25.7 Å². The Hall–Kier alpha value is -1.94. The Balaban J connectivity index is 5.22. The van der Waals surface area contributed by atoms with Gasteiger partial charge in [-0.05, 0) is 43.4 Å². The number of aliphatic hydroxyl groups is 1. The monoisotopic (exact) mass is 1490 g/mol. The molecule has 0 aliphatic rings. The van der Waals surface area contributed by atoms with Gasteiger partial charge in [0.25, 0.3) is 0 Å². The van der Waals surface area contributed by atoms with Crippen molar-refractivity contribution in [1.82, 2.24) is 0 Å². The zero-order valence-corrected chi connectivity index (χ0v) is 68.9. The highest BCUT2D eigenvalue weighted by Crippen LogP contribution is 2.45. The standard InChI is InChI=1S/C83H162O17P2/c1-8-9-10-11-12-33-43-50-57-64-80(85)93-70-78(99-83(88)67-60-53-46-39-32-26-20-23-29-36-42-49-56-63-76(6)7)72-97-101(89,90)95-68-77(84)69-96-102(91,92)98-73-79(71-94-81(86)65-58-51-44-37-30-24-19-15-17-22-28-35-41-48-55-62-75(4)5)100-82(87)66-59-52-45-38-31-25-18-14-13-16-21-27-34-40-47-54-61-74(2)3/h74-79,84H,8-73H2,1-7H3,(H,89,90)(H,91,92)/t77-,78+,79+/m0/s1. The van der Waals surface area contributed by atoms with Crippen molar-refractivity contribution in [3.05, 3.63) is 0 Å². The number of unbranched alkanes of at least 4 members (excludes halogenated alkanes) is 49. The van der Waals surface area contributed by atoms with Gasteiger partial charge < -0.3 is 33.8 Å². The van der Waals surface area contributed by atoms with Gasteiger partial charge in [0.2, 0.25) is 0 Å². The van der Waals surface area contributed by atoms with Crippen LogP contribution in [0.3, 0.4) is 0 Å². The van der Waals surface area contributed by atoms with Crippen LogP contribution in [0.4, 0.5) is 0 Å². The molecule has 0 rings (SSSR count). The van der Waals surface area contributed by atoms with Gasteiger partial charge in [0.15, 0.2) is 12.2 Å². The van der Waals surface area contributed by atoms with Crippen LogP contribution in [0.5, 0.6) is 0 Å². The van der Waals surface area contributed by atoms with Crippen LogP contribution in [-0.4, -0.2) is 96.7 Å². The van der Waals surface area contributed by atoms with Crippen molar-refractivity contribution in [2.24, 2.45) is 17.8 Å². The molecular formula is C83H162O17P2. The second kappa shape index (κ2) is 73.2. The van der Waals surface area contributed by atoms with Crippen LogP contribution in [-0.2, 0) is 65.4 Å². The van der Waals surface area contributed by atoms with Gasteiger partial charge in [0, 0.05) is 25.7 Å². The molecule has 5 atom stereocenters. The van der Waals surface area contributed by atoms with E-state index in [1.807, 2.05) is 0 Å². The van der Waals surface area contributed by atoms with Crippen LogP contribution in [0.25, 0.3) is 0 Å². The number of hydrogen-bond donors (Lipinski definition) is 3. The van der Waals surface area contributed by atoms with Crippen molar-refractivity contribution in [2.45, 2.75) is 452 Å². The van der Waals surface area contributed by atoms with E-state index in [1.165, 1.54) is 244 Å². The van der Waals surface area contributed by atoms with E-state index in [0.29, 0.717) is 25.7 Å². The minimum atomic E-state index is -4.96. The predicted octanol–water partition coefficient (Wildman–Crippen LogP) is 24.9. The summed E-state index contributed by atoms with van der Waals surface area (Å²) in [4.78, 5) is 73.1. The normalized spacial score (nSPS) is 13.9. The molecule has 102 heavy (non-hydrogen) atoms. The summed E-state index contributed by atoms with van der Waals surface area (Å²) in [6.07, 6.45) is 62.4. The van der Waals surface area contributed by atoms with Gasteiger partial charge in [-0.3, -0.25) is 37.3 Å². The number of phosphoric ester groups is 2. The molecule has 0 aliphatic carbocycles. The van der Waals surface area contributed by atoms with E-state index in [0.717, 1.165) is 108 Å². The molecule has 17 nitrogen and oxygen atoms in total. The minimum absolute atomic E-state index is 0.107. The average molecular weight is 1490 g/mol. The molecule has 0 saturated heterocycles. The molecule has 0 saturated carbocycles. The topological polar surface area (TPSA) is 237 Å². The summed E-state index contributed by atoms with van der Waals surface area (Å²) in [5.74, 6) is 0.294. The molecule has 0 amide bonds. The summed E-state index contributed by atoms with van der Waals surface area (Å²) in [5.41, 5.74) is 0. The Bertz CT molecular complexity index is 1970. The van der Waals surface area contributed by atoms with Crippen molar-refractivity contribution in [3.8, 4) is 0 Å². The Labute approximate surface area is 626 Å². The minimum Gasteiger partial charge on any atom is -0.462 e. The maximum Gasteiger partial charge on any atom is 0.472 e. The number of hydrogen-bond acceptors (Lipinski definition) is 15. The smallest absolute Gasteiger partial charge is 0.462 e. The molecule has 0 spiro atoms. The fourth-order valence-corrected chi connectivity index (χ4v) is 14.4. The fraction of sp³-hybridized carbons (Fsp3) is 0.952. The largest absolute Gasteiger partial charge is 0.472 e. The highest BCUT2D eigenvalue weighted by molar-refractivity contribution is 7.47. The Morgan fingerprint density at radius 3 is 0.667 bits per heavy atom. The molecule has 2 unspecified atom stereocenters. The first-order valence-corrected chi connectivity index (χ1v) is 45.8. The van der Waals surface area contributed by atoms with E-state index < -0.39 is 97.5 Å². The van der Waals surface area contributed by atoms with Crippen LogP contribution in [0, 0.1) is 17.8 Å². The van der Waals surface area contributed by atoms with E-state index in [1.54, 1.807) is 0 Å². The number of rotatable bonds is 81. The summed E-state index contributed by atoms with van der Waals surface area (Å²) in [5, 5.41) is 10.7. The number of carbonyl (C=O) groups is 4. The molecule has 0 aromatic carbocycles. The van der Waals surface area contributed by atoms with E-state index in [4.69, 9.17) is 37.0 Å². The first kappa shape index (κ1) is 100. The molecule has 0 radical (unpaired) electrons. The number of esters is 4. The molecule has 19 heteroatoms. The SMILES string of the molecule is CCCCCCCCCCCC(=O)OC[C@H](COP(=O)(O)OC[C@H](O)COP(=O)(O)OC[C@@H](COC(=O)CCCCCCCCCCCCCCCCCC(C)C)OC(=O)CCCCCCCCCCCCCCCCCCC(C)C)OC(=O)CCCCCCCCCCCCCCCC(C)C. The quantitative estimate of drug-likeness (QED) is 0.0222. The lowest BCUT2D eigenvalue weighted by molar-refractivity contribution is -0.161. The maximum absolute atomic E-state index is 13.1. The molecule has 0 aromatic rings. The third kappa shape index (κ3) is 76.3. The summed E-state index contributed by atoms with van der Waals surface area (Å²) in [6.45, 7) is 12.0. The van der Waals surface area contributed by atoms with E-state index >= 15 is 0 Å². The van der Waals surface area contributed by atoms with Crippen molar-refractivity contribution >= 4 is 39.5 Å². The highest BCUT2D eigenvalue weighted by Gasteiger charge is 2.30. The number of ether oxygens (including phenoxy) is 4. The molecule has 3 N–H and O–H groups in total. The van der Waals surface area contributed by atoms with Gasteiger partial charge in [0.05, 0.1) is 26.4 Å². The third-order valence-corrected chi connectivity index (χ3v) is 21.3. The lowest BCUT2D eigenvalue weighted by atomic mass is 10.0. The molecular weight excluding hydrogens is 1330 g/mol. The molecule has 0 aliphatic heterocycles. The van der Waals surface area contributed by atoms with E-state index in [9.17, 15) is 43.2 Å². The Morgan fingerprint density at radius 1 is 0.265 bits per heavy atom. The van der Waals surface area contributed by atoms with Gasteiger partial charge >= 0.3 is 39.5 Å². The maximum atomic E-state index is 13.1. The van der Waals surface area contributed by atoms with E-state index in [2.05, 4.69) is 48.5 Å². The van der Waals surface area contributed by atoms with Crippen LogP contribution in [0.15, 0.2) is 0 Å². The second-order valence-electron chi connectivity index (χ2n) is 31.3. The van der Waals surface area contributed by atoms with Gasteiger partial charge in [-0.1, -0.05) is 382 Å². The number of phosphoric acid groups is 2. The lowest BCUT2D eigenvalue weighted by Crippen LogP contribution is -2.30. The van der Waals surface area contributed by atoms with Crippen LogP contribution >= 0.6 is 15.6 Å². The molecule has 0 bridgehead atoms. The van der Waals surface area contributed by atoms with Gasteiger partial charge in [0.1, 0.15) is 19.3 Å².